The van der Waals surface area contributed by atoms with Gasteiger partial charge in [-0.1, -0.05) is 47.4 Å². The SMILES string of the molecule is C=CCSc1nnc(NC(=O)c2nn(C(C)C)c(=O)c3ccccc23)s1. The molecule has 134 valence electrons. The molecule has 3 rings (SSSR count). The molecule has 0 saturated heterocycles. The molecule has 0 aliphatic carbocycles. The first-order valence-electron chi connectivity index (χ1n) is 7.91. The third-order valence-electron chi connectivity index (χ3n) is 3.48. The van der Waals surface area contributed by atoms with Crippen LogP contribution in [0.3, 0.4) is 0 Å². The molecule has 0 spiro atoms. The smallest absolute Gasteiger partial charge is 0.278 e. The maximum Gasteiger partial charge on any atom is 0.278 e. The molecular weight excluding hydrogens is 370 g/mol. The van der Waals surface area contributed by atoms with Crippen LogP contribution < -0.4 is 10.9 Å². The first kappa shape index (κ1) is 18.3. The van der Waals surface area contributed by atoms with E-state index in [0.29, 0.717) is 21.7 Å². The standard InChI is InChI=1S/C17H17N5O2S2/c1-4-9-25-17-20-19-16(26-17)18-14(23)13-11-7-5-6-8-12(11)15(24)22(21-13)10(2)3/h4-8,10H,1,9H2,2-3H3,(H,18,19,23). The number of benzene rings is 1. The fraction of sp³-hybridized carbons (Fsp3) is 0.235. The fourth-order valence-electron chi connectivity index (χ4n) is 2.33. The highest BCUT2D eigenvalue weighted by Crippen LogP contribution is 2.26. The van der Waals surface area contributed by atoms with E-state index in [1.54, 1.807) is 30.3 Å². The van der Waals surface area contributed by atoms with Crippen molar-refractivity contribution in [2.75, 3.05) is 11.1 Å². The van der Waals surface area contributed by atoms with Crippen molar-refractivity contribution in [3.05, 3.63) is 53.0 Å². The predicted molar refractivity (Wildman–Crippen MR) is 105 cm³/mol. The van der Waals surface area contributed by atoms with E-state index in [1.165, 1.54) is 27.8 Å². The molecule has 0 aliphatic rings. The van der Waals surface area contributed by atoms with E-state index in [2.05, 4.69) is 27.2 Å². The minimum atomic E-state index is -0.424. The lowest BCUT2D eigenvalue weighted by molar-refractivity contribution is 0.102. The van der Waals surface area contributed by atoms with Gasteiger partial charge in [0.15, 0.2) is 10.0 Å². The summed E-state index contributed by atoms with van der Waals surface area (Å²) < 4.78 is 2.06. The lowest BCUT2D eigenvalue weighted by atomic mass is 10.1. The summed E-state index contributed by atoms with van der Waals surface area (Å²) in [4.78, 5) is 25.3. The molecule has 0 unspecified atom stereocenters. The van der Waals surface area contributed by atoms with Gasteiger partial charge in [-0.25, -0.2) is 4.68 Å². The van der Waals surface area contributed by atoms with Crippen LogP contribution in [0, 0.1) is 0 Å². The Morgan fingerprint density at radius 3 is 2.77 bits per heavy atom. The van der Waals surface area contributed by atoms with Gasteiger partial charge in [-0.15, -0.1) is 16.8 Å². The number of amides is 1. The molecule has 1 aromatic carbocycles. The summed E-state index contributed by atoms with van der Waals surface area (Å²) in [5, 5.41) is 16.4. The molecule has 2 aromatic heterocycles. The lowest BCUT2D eigenvalue weighted by Crippen LogP contribution is -2.28. The number of hydrogen-bond donors (Lipinski definition) is 1. The normalized spacial score (nSPS) is 11.0. The summed E-state index contributed by atoms with van der Waals surface area (Å²) in [7, 11) is 0. The van der Waals surface area contributed by atoms with Gasteiger partial charge in [0, 0.05) is 11.1 Å². The van der Waals surface area contributed by atoms with E-state index in [1.807, 2.05) is 13.8 Å². The van der Waals surface area contributed by atoms with Crippen LogP contribution >= 0.6 is 23.1 Å². The number of fused-ring (bicyclic) bond motifs is 1. The molecule has 9 heteroatoms. The van der Waals surface area contributed by atoms with Gasteiger partial charge in [-0.2, -0.15) is 5.10 Å². The molecule has 1 amide bonds. The Labute approximate surface area is 158 Å². The Morgan fingerprint density at radius 1 is 1.35 bits per heavy atom. The molecular formula is C17H17N5O2S2. The minimum Gasteiger partial charge on any atom is -0.295 e. The number of rotatable bonds is 6. The maximum atomic E-state index is 12.8. The number of nitrogens with one attached hydrogen (secondary N) is 1. The van der Waals surface area contributed by atoms with Crippen molar-refractivity contribution < 1.29 is 4.79 Å². The van der Waals surface area contributed by atoms with Crippen molar-refractivity contribution in [3.8, 4) is 0 Å². The van der Waals surface area contributed by atoms with Gasteiger partial charge in [0.1, 0.15) is 0 Å². The van der Waals surface area contributed by atoms with Gasteiger partial charge in [0.05, 0.1) is 11.4 Å². The Bertz CT molecular complexity index is 1030. The Balaban J connectivity index is 1.97. The van der Waals surface area contributed by atoms with Crippen LogP contribution in [0.5, 0.6) is 0 Å². The third kappa shape index (κ3) is 3.68. The number of carbonyl (C=O) groups is 1. The van der Waals surface area contributed by atoms with E-state index >= 15 is 0 Å². The monoisotopic (exact) mass is 387 g/mol. The van der Waals surface area contributed by atoms with E-state index in [4.69, 9.17) is 0 Å². The largest absolute Gasteiger partial charge is 0.295 e. The van der Waals surface area contributed by atoms with Gasteiger partial charge in [-0.3, -0.25) is 14.9 Å². The second kappa shape index (κ2) is 7.79. The van der Waals surface area contributed by atoms with Crippen LogP contribution in [0.25, 0.3) is 10.8 Å². The Morgan fingerprint density at radius 2 is 2.08 bits per heavy atom. The Kier molecular flexibility index (Phi) is 5.48. The topological polar surface area (TPSA) is 89.8 Å². The highest BCUT2D eigenvalue weighted by atomic mass is 32.2. The van der Waals surface area contributed by atoms with Gasteiger partial charge in [0.2, 0.25) is 5.13 Å². The van der Waals surface area contributed by atoms with Crippen molar-refractivity contribution >= 4 is 44.9 Å². The molecule has 0 aliphatic heterocycles. The molecule has 0 radical (unpaired) electrons. The number of aromatic nitrogens is 4. The number of carbonyl (C=O) groups excluding carboxylic acids is 1. The fourth-order valence-corrected chi connectivity index (χ4v) is 3.84. The molecule has 2 heterocycles. The zero-order chi connectivity index (χ0) is 18.7. The van der Waals surface area contributed by atoms with Gasteiger partial charge >= 0.3 is 0 Å². The summed E-state index contributed by atoms with van der Waals surface area (Å²) in [5.41, 5.74) is -0.0319. The highest BCUT2D eigenvalue weighted by Gasteiger charge is 2.19. The first-order chi connectivity index (χ1) is 12.5. The van der Waals surface area contributed by atoms with Crippen molar-refractivity contribution in [2.24, 2.45) is 0 Å². The van der Waals surface area contributed by atoms with E-state index < -0.39 is 5.91 Å². The number of nitrogens with zero attached hydrogens (tertiary/aromatic N) is 4. The number of anilines is 1. The average molecular weight is 387 g/mol. The van der Waals surface area contributed by atoms with Crippen LogP contribution in [0.2, 0.25) is 0 Å². The molecule has 7 nitrogen and oxygen atoms in total. The van der Waals surface area contributed by atoms with Gasteiger partial charge < -0.3 is 0 Å². The second-order valence-corrected chi connectivity index (χ2v) is 7.91. The zero-order valence-electron chi connectivity index (χ0n) is 14.3. The van der Waals surface area contributed by atoms with E-state index in [0.717, 1.165) is 4.34 Å². The van der Waals surface area contributed by atoms with Crippen LogP contribution in [0.4, 0.5) is 5.13 Å². The highest BCUT2D eigenvalue weighted by molar-refractivity contribution is 8.01. The lowest BCUT2D eigenvalue weighted by Gasteiger charge is -2.12. The summed E-state index contributed by atoms with van der Waals surface area (Å²) >= 11 is 2.77. The molecule has 1 N–H and O–H groups in total. The average Bonchev–Trinajstić information content (AvgIpc) is 3.07. The van der Waals surface area contributed by atoms with Crippen molar-refractivity contribution in [1.29, 1.82) is 0 Å². The molecule has 0 saturated carbocycles. The predicted octanol–water partition coefficient (Wildman–Crippen LogP) is 3.36. The minimum absolute atomic E-state index is 0.165. The summed E-state index contributed by atoms with van der Waals surface area (Å²) in [6.07, 6.45) is 1.77. The number of thioether (sulfide) groups is 1. The van der Waals surface area contributed by atoms with E-state index in [9.17, 15) is 9.59 Å². The summed E-state index contributed by atoms with van der Waals surface area (Å²) in [5.74, 6) is 0.292. The van der Waals surface area contributed by atoms with Gasteiger partial charge in [-0.05, 0) is 19.9 Å². The van der Waals surface area contributed by atoms with E-state index in [-0.39, 0.29) is 17.3 Å². The quantitative estimate of drug-likeness (QED) is 0.396. The van der Waals surface area contributed by atoms with Crippen molar-refractivity contribution in [2.45, 2.75) is 24.2 Å². The molecule has 0 atom stereocenters. The summed E-state index contributed by atoms with van der Waals surface area (Å²) in [6.45, 7) is 7.35. The zero-order valence-corrected chi connectivity index (χ0v) is 15.9. The van der Waals surface area contributed by atoms with Gasteiger partial charge in [0.25, 0.3) is 11.5 Å². The second-order valence-electron chi connectivity index (χ2n) is 5.66. The number of hydrogen-bond acceptors (Lipinski definition) is 7. The molecule has 3 aromatic rings. The first-order valence-corrected chi connectivity index (χ1v) is 9.71. The molecule has 0 fully saturated rings. The van der Waals surface area contributed by atoms with Crippen LogP contribution in [-0.4, -0.2) is 31.6 Å². The third-order valence-corrected chi connectivity index (χ3v) is 5.45. The van der Waals surface area contributed by atoms with Crippen LogP contribution in [0.1, 0.15) is 30.4 Å². The summed E-state index contributed by atoms with van der Waals surface area (Å²) in [6, 6.07) is 6.79. The van der Waals surface area contributed by atoms with Crippen LogP contribution in [0.15, 0.2) is 46.1 Å². The van der Waals surface area contributed by atoms with Crippen molar-refractivity contribution in [1.82, 2.24) is 20.0 Å². The Hall–Kier alpha value is -2.52. The maximum absolute atomic E-state index is 12.8. The van der Waals surface area contributed by atoms with Crippen molar-refractivity contribution in [3.63, 3.8) is 0 Å². The van der Waals surface area contributed by atoms with Crippen LogP contribution in [-0.2, 0) is 0 Å². The molecule has 0 bridgehead atoms. The molecule has 26 heavy (non-hydrogen) atoms.